The number of hydrogen-bond acceptors (Lipinski definition) is 5. The molecular weight excluding hydrogens is 332 g/mol. The second kappa shape index (κ2) is 9.32. The second-order valence-corrected chi connectivity index (χ2v) is 5.30. The first-order valence-electron chi connectivity index (χ1n) is 7.95. The molecule has 2 aromatic carbocycles. The minimum absolute atomic E-state index is 0.137. The molecule has 0 fully saturated rings. The maximum Gasteiger partial charge on any atom is 0.203 e. The van der Waals surface area contributed by atoms with Crippen LogP contribution in [0.5, 0.6) is 23.0 Å². The van der Waals surface area contributed by atoms with Crippen LogP contribution in [0.3, 0.4) is 0 Å². The Hall–Kier alpha value is -3.21. The van der Waals surface area contributed by atoms with Gasteiger partial charge >= 0.3 is 0 Å². The molecular formula is C21H22O5. The smallest absolute Gasteiger partial charge is 0.203 e. The van der Waals surface area contributed by atoms with E-state index in [1.807, 2.05) is 24.3 Å². The number of hydrogen-bond donors (Lipinski definition) is 0. The van der Waals surface area contributed by atoms with E-state index in [4.69, 9.17) is 18.9 Å². The summed E-state index contributed by atoms with van der Waals surface area (Å²) < 4.78 is 21.1. The van der Waals surface area contributed by atoms with E-state index in [1.165, 1.54) is 12.2 Å². The van der Waals surface area contributed by atoms with Crippen LogP contribution in [0.2, 0.25) is 0 Å². The highest BCUT2D eigenvalue weighted by Gasteiger charge is 2.12. The first-order chi connectivity index (χ1) is 12.6. The SMILES string of the molecule is COc1cccc(/C=C/C(=O)/C=C/c2cc(OC)c(OC)c(OC)c2)c1. The highest BCUT2D eigenvalue weighted by Crippen LogP contribution is 2.38. The Bertz CT molecular complexity index is 796. The van der Waals surface area contributed by atoms with Crippen LogP contribution in [0.15, 0.2) is 48.6 Å². The summed E-state index contributed by atoms with van der Waals surface area (Å²) in [5.41, 5.74) is 1.65. The van der Waals surface area contributed by atoms with E-state index in [0.29, 0.717) is 17.2 Å². The maximum absolute atomic E-state index is 12.1. The lowest BCUT2D eigenvalue weighted by molar-refractivity contribution is -0.110. The van der Waals surface area contributed by atoms with Gasteiger partial charge in [0.05, 0.1) is 28.4 Å². The fraction of sp³-hybridized carbons (Fsp3) is 0.190. The molecule has 5 nitrogen and oxygen atoms in total. The van der Waals surface area contributed by atoms with Gasteiger partial charge in [-0.25, -0.2) is 0 Å². The Morgan fingerprint density at radius 3 is 1.92 bits per heavy atom. The van der Waals surface area contributed by atoms with Gasteiger partial charge in [-0.1, -0.05) is 24.3 Å². The van der Waals surface area contributed by atoms with Gasteiger partial charge in [0.1, 0.15) is 5.75 Å². The van der Waals surface area contributed by atoms with Crippen molar-refractivity contribution >= 4 is 17.9 Å². The molecule has 0 saturated heterocycles. The third-order valence-electron chi connectivity index (χ3n) is 3.66. The van der Waals surface area contributed by atoms with E-state index in [0.717, 1.165) is 16.9 Å². The highest BCUT2D eigenvalue weighted by atomic mass is 16.5. The zero-order chi connectivity index (χ0) is 18.9. The average molecular weight is 354 g/mol. The molecule has 2 rings (SSSR count). The number of carbonyl (C=O) groups is 1. The molecule has 26 heavy (non-hydrogen) atoms. The van der Waals surface area contributed by atoms with E-state index in [-0.39, 0.29) is 5.78 Å². The molecule has 0 aromatic heterocycles. The standard InChI is InChI=1S/C21H22O5/c1-23-18-7-5-6-15(12-18)8-10-17(22)11-9-16-13-19(24-2)21(26-4)20(14-16)25-3/h5-14H,1-4H3/b10-8+,11-9+. The van der Waals surface area contributed by atoms with Crippen molar-refractivity contribution < 1.29 is 23.7 Å². The third-order valence-corrected chi connectivity index (χ3v) is 3.66. The quantitative estimate of drug-likeness (QED) is 0.670. The third kappa shape index (κ3) is 4.89. The summed E-state index contributed by atoms with van der Waals surface area (Å²) in [5.74, 6) is 2.18. The van der Waals surface area contributed by atoms with E-state index in [9.17, 15) is 4.79 Å². The molecule has 0 aliphatic heterocycles. The number of benzene rings is 2. The highest BCUT2D eigenvalue weighted by molar-refractivity contribution is 6.04. The molecule has 0 radical (unpaired) electrons. The fourth-order valence-corrected chi connectivity index (χ4v) is 2.36. The van der Waals surface area contributed by atoms with Crippen LogP contribution in [-0.2, 0) is 4.79 Å². The lowest BCUT2D eigenvalue weighted by atomic mass is 10.1. The minimum Gasteiger partial charge on any atom is -0.497 e. The summed E-state index contributed by atoms with van der Waals surface area (Å²) >= 11 is 0. The molecule has 2 aromatic rings. The van der Waals surface area contributed by atoms with Crippen LogP contribution in [-0.4, -0.2) is 34.2 Å². The van der Waals surface area contributed by atoms with Crippen LogP contribution < -0.4 is 18.9 Å². The number of ketones is 1. The van der Waals surface area contributed by atoms with Crippen LogP contribution in [0, 0.1) is 0 Å². The van der Waals surface area contributed by atoms with E-state index in [1.54, 1.807) is 52.7 Å². The minimum atomic E-state index is -0.137. The van der Waals surface area contributed by atoms with Crippen molar-refractivity contribution in [3.05, 3.63) is 59.7 Å². The lowest BCUT2D eigenvalue weighted by Crippen LogP contribution is -1.95. The van der Waals surface area contributed by atoms with Gasteiger partial charge in [0, 0.05) is 0 Å². The summed E-state index contributed by atoms with van der Waals surface area (Å²) in [6, 6.07) is 11.0. The van der Waals surface area contributed by atoms with Gasteiger partial charge in [-0.3, -0.25) is 4.79 Å². The van der Waals surface area contributed by atoms with Crippen molar-refractivity contribution in [2.45, 2.75) is 0 Å². The molecule has 0 spiro atoms. The van der Waals surface area contributed by atoms with E-state index in [2.05, 4.69) is 0 Å². The van der Waals surface area contributed by atoms with Crippen LogP contribution in [0.4, 0.5) is 0 Å². The van der Waals surface area contributed by atoms with Gasteiger partial charge in [-0.2, -0.15) is 0 Å². The number of carbonyl (C=O) groups excluding carboxylic acids is 1. The number of rotatable bonds is 8. The van der Waals surface area contributed by atoms with Crippen molar-refractivity contribution in [1.82, 2.24) is 0 Å². The van der Waals surface area contributed by atoms with Gasteiger partial charge in [-0.15, -0.1) is 0 Å². The lowest BCUT2D eigenvalue weighted by Gasteiger charge is -2.12. The van der Waals surface area contributed by atoms with Crippen LogP contribution in [0.1, 0.15) is 11.1 Å². The summed E-state index contributed by atoms with van der Waals surface area (Å²) in [7, 11) is 6.25. The first kappa shape index (κ1) is 19.1. The van der Waals surface area contributed by atoms with Crippen LogP contribution >= 0.6 is 0 Å². The molecule has 5 heteroatoms. The maximum atomic E-state index is 12.1. The zero-order valence-electron chi connectivity index (χ0n) is 15.3. The molecule has 0 heterocycles. The molecule has 0 saturated carbocycles. The van der Waals surface area contributed by atoms with Gasteiger partial charge in [0.25, 0.3) is 0 Å². The number of methoxy groups -OCH3 is 4. The van der Waals surface area contributed by atoms with Gasteiger partial charge in [0.2, 0.25) is 5.75 Å². The van der Waals surface area contributed by atoms with E-state index < -0.39 is 0 Å². The van der Waals surface area contributed by atoms with Gasteiger partial charge in [0.15, 0.2) is 17.3 Å². The predicted molar refractivity (Wildman–Crippen MR) is 102 cm³/mol. The van der Waals surface area contributed by atoms with Crippen LogP contribution in [0.25, 0.3) is 12.2 Å². The molecule has 0 atom stereocenters. The fourth-order valence-electron chi connectivity index (χ4n) is 2.36. The molecule has 0 amide bonds. The molecule has 0 bridgehead atoms. The second-order valence-electron chi connectivity index (χ2n) is 5.30. The van der Waals surface area contributed by atoms with Crippen molar-refractivity contribution in [1.29, 1.82) is 0 Å². The summed E-state index contributed by atoms with van der Waals surface area (Å²) in [6.07, 6.45) is 6.42. The number of ether oxygens (including phenoxy) is 4. The largest absolute Gasteiger partial charge is 0.497 e. The Morgan fingerprint density at radius 2 is 1.38 bits per heavy atom. The molecule has 0 aliphatic rings. The average Bonchev–Trinajstić information content (AvgIpc) is 2.69. The van der Waals surface area contributed by atoms with Crippen molar-refractivity contribution in [3.63, 3.8) is 0 Å². The zero-order valence-corrected chi connectivity index (χ0v) is 15.3. The van der Waals surface area contributed by atoms with Crippen molar-refractivity contribution in [2.24, 2.45) is 0 Å². The molecule has 0 N–H and O–H groups in total. The summed E-state index contributed by atoms with van der Waals surface area (Å²) in [5, 5.41) is 0. The van der Waals surface area contributed by atoms with E-state index >= 15 is 0 Å². The topological polar surface area (TPSA) is 54.0 Å². The molecule has 136 valence electrons. The van der Waals surface area contributed by atoms with Gasteiger partial charge in [-0.05, 0) is 47.5 Å². The van der Waals surface area contributed by atoms with Gasteiger partial charge < -0.3 is 18.9 Å². The number of allylic oxidation sites excluding steroid dienone is 2. The Morgan fingerprint density at radius 1 is 0.769 bits per heavy atom. The first-order valence-corrected chi connectivity index (χ1v) is 7.95. The Kier molecular flexibility index (Phi) is 6.85. The van der Waals surface area contributed by atoms with Crippen molar-refractivity contribution in [2.75, 3.05) is 28.4 Å². The molecule has 0 unspecified atom stereocenters. The van der Waals surface area contributed by atoms with Crippen molar-refractivity contribution in [3.8, 4) is 23.0 Å². The Balaban J connectivity index is 2.15. The summed E-state index contributed by atoms with van der Waals surface area (Å²) in [6.45, 7) is 0. The molecule has 0 aliphatic carbocycles. The normalized spacial score (nSPS) is 10.9. The monoisotopic (exact) mass is 354 g/mol. The Labute approximate surface area is 153 Å². The summed E-state index contributed by atoms with van der Waals surface area (Å²) in [4.78, 5) is 12.1. The predicted octanol–water partition coefficient (Wildman–Crippen LogP) is 4.02.